The van der Waals surface area contributed by atoms with Crippen LogP contribution in [0.15, 0.2) is 18.2 Å². The number of anilines is 1. The summed E-state index contributed by atoms with van der Waals surface area (Å²) in [7, 11) is 0. The molecule has 80 valence electrons. The molecule has 0 aliphatic carbocycles. The van der Waals surface area contributed by atoms with Crippen molar-refractivity contribution >= 4 is 23.3 Å². The van der Waals surface area contributed by atoms with Gasteiger partial charge in [-0.15, -0.1) is 0 Å². The van der Waals surface area contributed by atoms with Gasteiger partial charge in [0.2, 0.25) is 0 Å². The molecule has 1 aromatic rings. The summed E-state index contributed by atoms with van der Waals surface area (Å²) in [4.78, 5) is 12.8. The number of hydrogen-bond donors (Lipinski definition) is 1. The van der Waals surface area contributed by atoms with Crippen LogP contribution < -0.4 is 10.2 Å². The molecule has 2 rings (SSSR count). The Hall–Kier alpha value is -1.29. The highest BCUT2D eigenvalue weighted by Crippen LogP contribution is 2.26. The lowest BCUT2D eigenvalue weighted by molar-refractivity contribution is 0.242. The number of carbonyl (C=O) groups excluding carboxylic acids is 1. The van der Waals surface area contributed by atoms with E-state index in [1.54, 1.807) is 12.1 Å². The maximum atomic E-state index is 13.6. The fourth-order valence-electron chi connectivity index (χ4n) is 1.56. The molecule has 2 amide bonds. The number of nitrogens with one attached hydrogen (secondary N) is 1. The minimum absolute atomic E-state index is 0.0332. The number of urea groups is 1. The zero-order chi connectivity index (χ0) is 10.8. The Kier molecular flexibility index (Phi) is 2.77. The van der Waals surface area contributed by atoms with E-state index >= 15 is 0 Å². The molecule has 1 heterocycles. The normalized spacial score (nSPS) is 16.4. The van der Waals surface area contributed by atoms with Crippen molar-refractivity contribution in [2.24, 2.45) is 0 Å². The molecule has 15 heavy (non-hydrogen) atoms. The lowest BCUT2D eigenvalue weighted by Crippen LogP contribution is -2.46. The van der Waals surface area contributed by atoms with E-state index in [1.165, 1.54) is 11.0 Å². The van der Waals surface area contributed by atoms with E-state index < -0.39 is 5.82 Å². The zero-order valence-corrected chi connectivity index (χ0v) is 8.72. The molecular weight excluding hydrogens is 219 g/mol. The number of amides is 2. The van der Waals surface area contributed by atoms with Crippen LogP contribution in [0.3, 0.4) is 0 Å². The smallest absolute Gasteiger partial charge is 0.321 e. The van der Waals surface area contributed by atoms with Gasteiger partial charge in [-0.2, -0.15) is 0 Å². The first-order valence-electron chi connectivity index (χ1n) is 4.69. The van der Waals surface area contributed by atoms with E-state index in [4.69, 9.17) is 11.6 Å². The zero-order valence-electron chi connectivity index (χ0n) is 7.96. The summed E-state index contributed by atoms with van der Waals surface area (Å²) in [6, 6.07) is 4.36. The highest BCUT2D eigenvalue weighted by molar-refractivity contribution is 6.31. The maximum Gasteiger partial charge on any atom is 0.321 e. The largest absolute Gasteiger partial charge is 0.338 e. The van der Waals surface area contributed by atoms with Crippen LogP contribution in [0.4, 0.5) is 14.9 Å². The summed E-state index contributed by atoms with van der Waals surface area (Å²) in [6.07, 6.45) is 0.803. The molecule has 0 aromatic heterocycles. The molecule has 1 aliphatic rings. The van der Waals surface area contributed by atoms with Crippen LogP contribution in [-0.2, 0) is 0 Å². The van der Waals surface area contributed by atoms with Crippen molar-refractivity contribution in [3.63, 3.8) is 0 Å². The molecule has 1 aromatic carbocycles. The van der Waals surface area contributed by atoms with Gasteiger partial charge in [-0.3, -0.25) is 4.90 Å². The van der Waals surface area contributed by atoms with Gasteiger partial charge < -0.3 is 5.32 Å². The molecule has 0 saturated carbocycles. The molecule has 0 unspecified atom stereocenters. The van der Waals surface area contributed by atoms with E-state index in [0.29, 0.717) is 13.1 Å². The second-order valence-electron chi connectivity index (χ2n) is 3.31. The third-order valence-corrected chi connectivity index (χ3v) is 2.59. The first kappa shape index (κ1) is 10.2. The Morgan fingerprint density at radius 1 is 1.47 bits per heavy atom. The third kappa shape index (κ3) is 1.90. The molecule has 3 nitrogen and oxygen atoms in total. The molecule has 0 bridgehead atoms. The van der Waals surface area contributed by atoms with Crippen molar-refractivity contribution in [2.75, 3.05) is 18.0 Å². The molecule has 1 N–H and O–H groups in total. The van der Waals surface area contributed by atoms with Gasteiger partial charge in [0.25, 0.3) is 0 Å². The van der Waals surface area contributed by atoms with Crippen LogP contribution in [0, 0.1) is 5.82 Å². The van der Waals surface area contributed by atoms with Gasteiger partial charge in [-0.05, 0) is 18.6 Å². The van der Waals surface area contributed by atoms with Crippen molar-refractivity contribution < 1.29 is 9.18 Å². The predicted molar refractivity (Wildman–Crippen MR) is 56.8 cm³/mol. The average Bonchev–Trinajstić information content (AvgIpc) is 2.23. The highest BCUT2D eigenvalue weighted by Gasteiger charge is 2.22. The minimum atomic E-state index is -0.545. The number of rotatable bonds is 1. The molecule has 0 atom stereocenters. The van der Waals surface area contributed by atoms with Crippen LogP contribution in [0.5, 0.6) is 0 Å². The summed E-state index contributed by atoms with van der Waals surface area (Å²) < 4.78 is 13.6. The fraction of sp³-hybridized carbons (Fsp3) is 0.300. The van der Waals surface area contributed by atoms with Crippen LogP contribution in [0.1, 0.15) is 6.42 Å². The second-order valence-corrected chi connectivity index (χ2v) is 3.72. The molecule has 1 saturated heterocycles. The van der Waals surface area contributed by atoms with E-state index in [1.807, 2.05) is 0 Å². The van der Waals surface area contributed by atoms with Gasteiger partial charge in [-0.1, -0.05) is 17.7 Å². The van der Waals surface area contributed by atoms with Crippen molar-refractivity contribution in [1.82, 2.24) is 5.32 Å². The molecule has 1 aliphatic heterocycles. The summed E-state index contributed by atoms with van der Waals surface area (Å²) in [5, 5.41) is 2.69. The SMILES string of the molecule is O=C1NCCCN1c1cccc(Cl)c1F. The van der Waals surface area contributed by atoms with Crippen LogP contribution >= 0.6 is 11.6 Å². The standard InChI is InChI=1S/C10H10ClFN2O/c11-7-3-1-4-8(9(7)12)14-6-2-5-13-10(14)15/h1,3-4H,2,5-6H2,(H,13,15). The molecule has 1 fully saturated rings. The quantitative estimate of drug-likeness (QED) is 0.787. The lowest BCUT2D eigenvalue weighted by Gasteiger charge is -2.27. The van der Waals surface area contributed by atoms with Gasteiger partial charge in [0.15, 0.2) is 5.82 Å². The van der Waals surface area contributed by atoms with E-state index in [9.17, 15) is 9.18 Å². The second kappa shape index (κ2) is 4.06. The third-order valence-electron chi connectivity index (χ3n) is 2.30. The van der Waals surface area contributed by atoms with Crippen molar-refractivity contribution in [3.8, 4) is 0 Å². The lowest BCUT2D eigenvalue weighted by atomic mass is 10.2. The van der Waals surface area contributed by atoms with Gasteiger partial charge in [0.05, 0.1) is 10.7 Å². The van der Waals surface area contributed by atoms with Crippen molar-refractivity contribution in [1.29, 1.82) is 0 Å². The average molecular weight is 229 g/mol. The molecule has 0 spiro atoms. The first-order chi connectivity index (χ1) is 7.20. The molecular formula is C10H10ClFN2O. The van der Waals surface area contributed by atoms with Crippen LogP contribution in [-0.4, -0.2) is 19.1 Å². The predicted octanol–water partition coefficient (Wildman–Crippen LogP) is 2.40. The fourth-order valence-corrected chi connectivity index (χ4v) is 1.73. The summed E-state index contributed by atoms with van der Waals surface area (Å²) in [5.41, 5.74) is 0.236. The Morgan fingerprint density at radius 3 is 3.00 bits per heavy atom. The van der Waals surface area contributed by atoms with Gasteiger partial charge in [0.1, 0.15) is 0 Å². The van der Waals surface area contributed by atoms with E-state index in [-0.39, 0.29) is 16.7 Å². The summed E-state index contributed by atoms with van der Waals surface area (Å²) in [6.45, 7) is 1.15. The maximum absolute atomic E-state index is 13.6. The highest BCUT2D eigenvalue weighted by atomic mass is 35.5. The van der Waals surface area contributed by atoms with E-state index in [2.05, 4.69) is 5.32 Å². The van der Waals surface area contributed by atoms with Gasteiger partial charge >= 0.3 is 6.03 Å². The summed E-state index contributed by atoms with van der Waals surface area (Å²) >= 11 is 5.65. The topological polar surface area (TPSA) is 32.3 Å². The number of carbonyl (C=O) groups is 1. The van der Waals surface area contributed by atoms with Gasteiger partial charge in [-0.25, -0.2) is 9.18 Å². The number of hydrogen-bond acceptors (Lipinski definition) is 1. The van der Waals surface area contributed by atoms with Gasteiger partial charge in [0, 0.05) is 13.1 Å². The Bertz CT molecular complexity index is 397. The van der Waals surface area contributed by atoms with Crippen LogP contribution in [0.25, 0.3) is 0 Å². The Labute approximate surface area is 91.8 Å². The molecule has 5 heteroatoms. The minimum Gasteiger partial charge on any atom is -0.338 e. The van der Waals surface area contributed by atoms with Crippen molar-refractivity contribution in [3.05, 3.63) is 29.0 Å². The van der Waals surface area contributed by atoms with Crippen LogP contribution in [0.2, 0.25) is 5.02 Å². The Balaban J connectivity index is 2.35. The summed E-state index contributed by atoms with van der Waals surface area (Å²) in [5.74, 6) is -0.545. The number of nitrogens with zero attached hydrogens (tertiary/aromatic N) is 1. The number of halogens is 2. The van der Waals surface area contributed by atoms with E-state index in [0.717, 1.165) is 6.42 Å². The first-order valence-corrected chi connectivity index (χ1v) is 5.07. The molecule has 0 radical (unpaired) electrons. The Morgan fingerprint density at radius 2 is 2.27 bits per heavy atom. The number of benzene rings is 1. The monoisotopic (exact) mass is 228 g/mol. The van der Waals surface area contributed by atoms with Crippen molar-refractivity contribution in [2.45, 2.75) is 6.42 Å².